The van der Waals surface area contributed by atoms with Gasteiger partial charge in [0, 0.05) is 30.5 Å². The van der Waals surface area contributed by atoms with Gasteiger partial charge in [0.15, 0.2) is 0 Å². The predicted molar refractivity (Wildman–Crippen MR) is 117 cm³/mol. The maximum absolute atomic E-state index is 12.3. The van der Waals surface area contributed by atoms with E-state index in [4.69, 9.17) is 0 Å². The van der Waals surface area contributed by atoms with Crippen molar-refractivity contribution >= 4 is 40.3 Å². The lowest BCUT2D eigenvalue weighted by atomic mass is 10.2. The van der Waals surface area contributed by atoms with Crippen molar-refractivity contribution < 1.29 is 4.79 Å². The summed E-state index contributed by atoms with van der Waals surface area (Å²) in [4.78, 5) is 24.2. The van der Waals surface area contributed by atoms with Gasteiger partial charge in [0.1, 0.15) is 17.5 Å². The van der Waals surface area contributed by atoms with E-state index in [1.165, 1.54) is 11.3 Å². The van der Waals surface area contributed by atoms with Crippen LogP contribution in [0.3, 0.4) is 0 Å². The average Bonchev–Trinajstić information content (AvgIpc) is 3.10. The zero-order chi connectivity index (χ0) is 20.1. The van der Waals surface area contributed by atoms with Gasteiger partial charge in [-0.15, -0.1) is 11.3 Å². The fourth-order valence-corrected chi connectivity index (χ4v) is 3.65. The fourth-order valence-electron chi connectivity index (χ4n) is 2.85. The molecular weight excluding hydrogens is 370 g/mol. The number of aromatic nitrogens is 2. The van der Waals surface area contributed by atoms with E-state index >= 15 is 0 Å². The van der Waals surface area contributed by atoms with Crippen LogP contribution in [0.2, 0.25) is 0 Å². The molecule has 7 heteroatoms. The van der Waals surface area contributed by atoms with Crippen molar-refractivity contribution in [3.63, 3.8) is 0 Å². The number of benzene rings is 1. The Morgan fingerprint density at radius 1 is 1.04 bits per heavy atom. The average molecular weight is 396 g/mol. The summed E-state index contributed by atoms with van der Waals surface area (Å²) in [5.74, 6) is 2.30. The SMILES string of the molecule is CCN(CC)c1cc(Nc2ccc(NC(=O)c3cc(C)cs3)cc2)nc(C)n1. The highest BCUT2D eigenvalue weighted by Gasteiger charge is 2.10. The molecule has 0 bridgehead atoms. The Morgan fingerprint density at radius 3 is 2.32 bits per heavy atom. The summed E-state index contributed by atoms with van der Waals surface area (Å²) < 4.78 is 0. The van der Waals surface area contributed by atoms with Gasteiger partial charge >= 0.3 is 0 Å². The van der Waals surface area contributed by atoms with Crippen molar-refractivity contribution in [1.82, 2.24) is 9.97 Å². The topological polar surface area (TPSA) is 70.2 Å². The van der Waals surface area contributed by atoms with Crippen LogP contribution in [-0.2, 0) is 0 Å². The van der Waals surface area contributed by atoms with E-state index in [-0.39, 0.29) is 5.91 Å². The number of nitrogens with one attached hydrogen (secondary N) is 2. The molecule has 6 nitrogen and oxygen atoms in total. The number of aryl methyl sites for hydroxylation is 2. The Labute approximate surface area is 169 Å². The predicted octanol–water partition coefficient (Wildman–Crippen LogP) is 5.00. The first kappa shape index (κ1) is 19.8. The summed E-state index contributed by atoms with van der Waals surface area (Å²) in [6.07, 6.45) is 0. The lowest BCUT2D eigenvalue weighted by Gasteiger charge is -2.20. The molecule has 0 atom stereocenters. The summed E-state index contributed by atoms with van der Waals surface area (Å²) in [6, 6.07) is 11.4. The highest BCUT2D eigenvalue weighted by Crippen LogP contribution is 2.22. The van der Waals surface area contributed by atoms with Gasteiger partial charge < -0.3 is 15.5 Å². The van der Waals surface area contributed by atoms with Gasteiger partial charge in [0.2, 0.25) is 0 Å². The maximum Gasteiger partial charge on any atom is 0.265 e. The first-order chi connectivity index (χ1) is 13.5. The third kappa shape index (κ3) is 4.86. The van der Waals surface area contributed by atoms with E-state index < -0.39 is 0 Å². The number of thiophene rings is 1. The minimum Gasteiger partial charge on any atom is -0.357 e. The van der Waals surface area contributed by atoms with Crippen molar-refractivity contribution in [2.45, 2.75) is 27.7 Å². The highest BCUT2D eigenvalue weighted by molar-refractivity contribution is 7.12. The van der Waals surface area contributed by atoms with Crippen LogP contribution in [0.25, 0.3) is 0 Å². The number of anilines is 4. The van der Waals surface area contributed by atoms with Gasteiger partial charge in [0.05, 0.1) is 4.88 Å². The Morgan fingerprint density at radius 2 is 1.71 bits per heavy atom. The normalized spacial score (nSPS) is 10.6. The molecule has 0 aliphatic heterocycles. The van der Waals surface area contributed by atoms with Crippen LogP contribution in [0.4, 0.5) is 23.0 Å². The molecule has 3 aromatic rings. The second-order valence-corrected chi connectivity index (χ2v) is 7.39. The minimum absolute atomic E-state index is 0.0888. The van der Waals surface area contributed by atoms with Crippen LogP contribution in [0.15, 0.2) is 41.8 Å². The second kappa shape index (κ2) is 8.84. The minimum atomic E-state index is -0.0888. The molecule has 146 valence electrons. The Bertz CT molecular complexity index is 948. The molecule has 3 rings (SSSR count). The fraction of sp³-hybridized carbons (Fsp3) is 0.286. The first-order valence-corrected chi connectivity index (χ1v) is 10.2. The van der Waals surface area contributed by atoms with Crippen molar-refractivity contribution in [1.29, 1.82) is 0 Å². The van der Waals surface area contributed by atoms with Crippen LogP contribution in [0.5, 0.6) is 0 Å². The molecule has 0 fully saturated rings. The molecule has 0 saturated heterocycles. The monoisotopic (exact) mass is 395 g/mol. The van der Waals surface area contributed by atoms with E-state index in [0.29, 0.717) is 4.88 Å². The summed E-state index contributed by atoms with van der Waals surface area (Å²) in [7, 11) is 0. The molecule has 1 amide bonds. The van der Waals surface area contributed by atoms with E-state index in [2.05, 4.69) is 39.3 Å². The number of hydrogen-bond acceptors (Lipinski definition) is 6. The summed E-state index contributed by atoms with van der Waals surface area (Å²) in [5, 5.41) is 8.21. The molecule has 2 N–H and O–H groups in total. The van der Waals surface area contributed by atoms with Crippen LogP contribution >= 0.6 is 11.3 Å². The van der Waals surface area contributed by atoms with Gasteiger partial charge in [0.25, 0.3) is 5.91 Å². The number of amides is 1. The quantitative estimate of drug-likeness (QED) is 0.589. The summed E-state index contributed by atoms with van der Waals surface area (Å²) in [5.41, 5.74) is 2.75. The summed E-state index contributed by atoms with van der Waals surface area (Å²) in [6.45, 7) is 9.88. The Kier molecular flexibility index (Phi) is 6.26. The standard InChI is InChI=1S/C21H25N5OS/c1-5-26(6-2)20-12-19(22-15(4)23-20)24-16-7-9-17(10-8-16)25-21(27)18-11-14(3)13-28-18/h7-13H,5-6H2,1-4H3,(H,25,27)(H,22,23,24). The van der Waals surface area contributed by atoms with Crippen LogP contribution in [0.1, 0.15) is 34.9 Å². The van der Waals surface area contributed by atoms with Crippen molar-refractivity contribution in [3.8, 4) is 0 Å². The van der Waals surface area contributed by atoms with E-state index in [0.717, 1.165) is 47.5 Å². The Balaban J connectivity index is 1.69. The Hall–Kier alpha value is -2.93. The zero-order valence-corrected chi connectivity index (χ0v) is 17.4. The lowest BCUT2D eigenvalue weighted by Crippen LogP contribution is -2.23. The number of carbonyl (C=O) groups excluding carboxylic acids is 1. The van der Waals surface area contributed by atoms with Gasteiger partial charge in [-0.05, 0) is 69.0 Å². The van der Waals surface area contributed by atoms with E-state index in [1.54, 1.807) is 0 Å². The van der Waals surface area contributed by atoms with Crippen LogP contribution in [0, 0.1) is 13.8 Å². The summed E-state index contributed by atoms with van der Waals surface area (Å²) >= 11 is 1.45. The van der Waals surface area contributed by atoms with Gasteiger partial charge in [-0.1, -0.05) is 0 Å². The number of nitrogens with zero attached hydrogens (tertiary/aromatic N) is 3. The first-order valence-electron chi connectivity index (χ1n) is 9.32. The molecule has 0 unspecified atom stereocenters. The van der Waals surface area contributed by atoms with Crippen molar-refractivity contribution in [2.75, 3.05) is 28.6 Å². The van der Waals surface area contributed by atoms with Gasteiger partial charge in [-0.25, -0.2) is 9.97 Å². The van der Waals surface area contributed by atoms with Crippen LogP contribution in [-0.4, -0.2) is 29.0 Å². The van der Waals surface area contributed by atoms with Crippen LogP contribution < -0.4 is 15.5 Å². The number of carbonyl (C=O) groups is 1. The number of rotatable bonds is 7. The molecule has 0 aliphatic rings. The smallest absolute Gasteiger partial charge is 0.265 e. The highest BCUT2D eigenvalue weighted by atomic mass is 32.1. The molecule has 2 heterocycles. The molecular formula is C21H25N5OS. The lowest BCUT2D eigenvalue weighted by molar-refractivity contribution is 0.103. The molecule has 1 aromatic carbocycles. The molecule has 2 aromatic heterocycles. The molecule has 0 spiro atoms. The maximum atomic E-state index is 12.3. The van der Waals surface area contributed by atoms with E-state index in [1.807, 2.05) is 55.6 Å². The molecule has 0 radical (unpaired) electrons. The van der Waals surface area contributed by atoms with Gasteiger partial charge in [-0.3, -0.25) is 4.79 Å². The van der Waals surface area contributed by atoms with E-state index in [9.17, 15) is 4.79 Å². The van der Waals surface area contributed by atoms with Crippen molar-refractivity contribution in [3.05, 3.63) is 58.0 Å². The third-order valence-corrected chi connectivity index (χ3v) is 5.33. The largest absolute Gasteiger partial charge is 0.357 e. The molecule has 28 heavy (non-hydrogen) atoms. The second-order valence-electron chi connectivity index (χ2n) is 6.48. The molecule has 0 aliphatic carbocycles. The third-order valence-electron chi connectivity index (χ3n) is 4.28. The van der Waals surface area contributed by atoms with Gasteiger partial charge in [-0.2, -0.15) is 0 Å². The molecule has 0 saturated carbocycles. The number of hydrogen-bond donors (Lipinski definition) is 2. The zero-order valence-electron chi connectivity index (χ0n) is 16.6. The van der Waals surface area contributed by atoms with Crippen molar-refractivity contribution in [2.24, 2.45) is 0 Å².